The Morgan fingerprint density at radius 2 is 0.371 bits per heavy atom. The van der Waals surface area contributed by atoms with Crippen LogP contribution >= 0.6 is 0 Å². The van der Waals surface area contributed by atoms with E-state index in [2.05, 4.69) is 267 Å². The molecule has 411 valence electrons. The quantitative estimate of drug-likeness (QED) is 0.165. The van der Waals surface area contributed by atoms with Gasteiger partial charge in [0.1, 0.15) is 0 Å². The van der Waals surface area contributed by atoms with Gasteiger partial charge in [-0.05, 0) is 152 Å². The Hall–Kier alpha value is -11.2. The van der Waals surface area contributed by atoms with Crippen molar-refractivity contribution in [1.29, 1.82) is 0 Å². The van der Waals surface area contributed by atoms with E-state index < -0.39 is 0 Å². The van der Waals surface area contributed by atoms with Crippen LogP contribution < -0.4 is 9.97 Å². The van der Waals surface area contributed by atoms with Crippen LogP contribution in [0.25, 0.3) is 218 Å². The maximum absolute atomic E-state index is 6.36. The number of aromatic nitrogens is 4. The van der Waals surface area contributed by atoms with E-state index in [0.29, 0.717) is 0 Å². The zero-order chi connectivity index (χ0) is 57.0. The average molecular weight is 1170 g/mol. The third-order valence-corrected chi connectivity index (χ3v) is 19.7. The predicted octanol–water partition coefficient (Wildman–Crippen LogP) is 22.4. The summed E-state index contributed by atoms with van der Waals surface area (Å²) in [4.78, 5) is 25.4. The van der Waals surface area contributed by atoms with Gasteiger partial charge in [-0.3, -0.25) is 0 Å². The normalized spacial score (nSPS) is 12.4. The molecule has 4 aromatic heterocycles. The molecule has 89 heavy (non-hydrogen) atoms. The van der Waals surface area contributed by atoms with Gasteiger partial charge in [0.15, 0.2) is 0 Å². The zero-order valence-corrected chi connectivity index (χ0v) is 48.4. The van der Waals surface area contributed by atoms with Gasteiger partial charge in [-0.1, -0.05) is 267 Å². The van der Waals surface area contributed by atoms with E-state index >= 15 is 0 Å². The van der Waals surface area contributed by atoms with Gasteiger partial charge in [0, 0.05) is 21.5 Å². The smallest absolute Gasteiger partial charge is 0.656 e. The topological polar surface area (TPSA) is 54.0 Å². The minimum Gasteiger partial charge on any atom is -0.656 e. The Labute approximate surface area is 518 Å². The summed E-state index contributed by atoms with van der Waals surface area (Å²) >= 11 is 0. The van der Waals surface area contributed by atoms with Gasteiger partial charge >= 0.3 is 17.1 Å². The third-order valence-electron chi connectivity index (χ3n) is 19.7. The third kappa shape index (κ3) is 6.32. The Morgan fingerprint density at radius 1 is 0.180 bits per heavy atom. The van der Waals surface area contributed by atoms with Gasteiger partial charge in [-0.25, -0.2) is 9.97 Å². The SMILES string of the molecule is [Cu+2].c1ccc(-c2c3nc(c(-c4ccccc4)c4[n-]c(c(-c5ccccc5)c5nc(c(-c6ccccc6)c6[n-]c2c2c7cccc8cccc(c87)c62)c2c6cccc7cccc(c76)c52)c2c5cccc6cccc(c65)c42)c2c4cccc5cccc(c54)c32)cc1. The minimum absolute atomic E-state index is 0. The Morgan fingerprint density at radius 3 is 0.573 bits per heavy atom. The van der Waals surface area contributed by atoms with Crippen LogP contribution in [0.5, 0.6) is 0 Å². The standard InChI is InChI=1S/C84H44N4.Cu/c1-5-21-49(22-6-1)65-77-69-53-37-13-29-45-31-15-39-55(61(45)53)71(69)79(85-77)66(50-23-7-2-8-24-50)81-73-57-41-17-33-47-35-19-43-59(63(47)57)75(73)83(87-81)68(52-27-11-4-12-28-52)84-76-60-44-20-36-48-34-18-42-58(64(48)60)74(76)82(88-84)67(51-25-9-3-10-26-51)80-72-56-40-16-32-46-30-14-38-54(62(46)56)70(72)78(65)86-80;/h1-44H;/q-2;+2. The van der Waals surface area contributed by atoms with Gasteiger partial charge in [0.25, 0.3) is 0 Å². The molecule has 21 rings (SSSR count). The molecule has 0 N–H and O–H groups in total. The molecule has 4 heterocycles. The molecule has 21 aromatic rings. The van der Waals surface area contributed by atoms with Crippen LogP contribution in [0.1, 0.15) is 0 Å². The molecule has 17 aromatic carbocycles. The largest absolute Gasteiger partial charge is 2.00 e. The van der Waals surface area contributed by atoms with Gasteiger partial charge in [0.2, 0.25) is 0 Å². The van der Waals surface area contributed by atoms with Crippen molar-refractivity contribution in [3.05, 3.63) is 267 Å². The molecule has 0 aliphatic rings. The fourth-order valence-corrected chi connectivity index (χ4v) is 16.4. The second-order valence-electron chi connectivity index (χ2n) is 24.0. The van der Waals surface area contributed by atoms with E-state index in [1.54, 1.807) is 0 Å². The summed E-state index contributed by atoms with van der Waals surface area (Å²) in [6.45, 7) is 0. The van der Waals surface area contributed by atoms with Crippen LogP contribution in [-0.2, 0) is 17.1 Å². The molecule has 0 amide bonds. The molecular weight excluding hydrogens is 1130 g/mol. The monoisotopic (exact) mass is 1170 g/mol. The predicted molar refractivity (Wildman–Crippen MR) is 373 cm³/mol. The summed E-state index contributed by atoms with van der Waals surface area (Å²) in [5.74, 6) is 0. The van der Waals surface area contributed by atoms with Crippen LogP contribution in [0.15, 0.2) is 267 Å². The summed E-state index contributed by atoms with van der Waals surface area (Å²) in [7, 11) is 0. The second-order valence-corrected chi connectivity index (χ2v) is 24.0. The molecule has 5 heteroatoms. The van der Waals surface area contributed by atoms with Crippen LogP contribution in [0.2, 0.25) is 0 Å². The molecule has 0 aliphatic carbocycles. The maximum Gasteiger partial charge on any atom is 2.00 e. The number of nitrogens with zero attached hydrogens (tertiary/aromatic N) is 4. The van der Waals surface area contributed by atoms with E-state index in [-0.39, 0.29) is 17.1 Å². The summed E-state index contributed by atoms with van der Waals surface area (Å²) in [5.41, 5.74) is 15.1. The zero-order valence-electron chi connectivity index (χ0n) is 47.5. The Balaban J connectivity index is 0.00000555. The fourth-order valence-electron chi connectivity index (χ4n) is 16.4. The van der Waals surface area contributed by atoms with Crippen LogP contribution in [0.4, 0.5) is 0 Å². The second kappa shape index (κ2) is 17.9. The van der Waals surface area contributed by atoms with E-state index in [0.717, 1.165) is 175 Å². The van der Waals surface area contributed by atoms with E-state index in [4.69, 9.17) is 19.9 Å². The molecule has 0 aliphatic heterocycles. The van der Waals surface area contributed by atoms with Crippen LogP contribution in [0, 0.1) is 0 Å². The summed E-state index contributed by atoms with van der Waals surface area (Å²) in [5, 5.41) is 27.8. The van der Waals surface area contributed by atoms with Crippen LogP contribution in [0.3, 0.4) is 0 Å². The van der Waals surface area contributed by atoms with Gasteiger partial charge in [-0.15, -0.1) is 22.1 Å². The molecule has 1 radical (unpaired) electrons. The van der Waals surface area contributed by atoms with Gasteiger partial charge < -0.3 is 9.97 Å². The van der Waals surface area contributed by atoms with Gasteiger partial charge in [0.05, 0.1) is 22.1 Å². The van der Waals surface area contributed by atoms with Crippen molar-refractivity contribution >= 4 is 173 Å². The molecule has 0 atom stereocenters. The minimum atomic E-state index is 0. The van der Waals surface area contributed by atoms with Crippen molar-refractivity contribution in [2.45, 2.75) is 0 Å². The number of hydrogen-bond donors (Lipinski definition) is 0. The van der Waals surface area contributed by atoms with E-state index in [9.17, 15) is 0 Å². The Kier molecular flexibility index (Phi) is 9.88. The molecule has 4 nitrogen and oxygen atoms in total. The summed E-state index contributed by atoms with van der Waals surface area (Å²) in [6, 6.07) is 98.3. The average Bonchev–Trinajstić information content (AvgIpc) is 1.60. The first-order valence-corrected chi connectivity index (χ1v) is 30.4. The van der Waals surface area contributed by atoms with Crippen molar-refractivity contribution in [2.24, 2.45) is 0 Å². The molecule has 0 fully saturated rings. The maximum atomic E-state index is 6.36. The summed E-state index contributed by atoms with van der Waals surface area (Å²) in [6.07, 6.45) is 0. The molecule has 0 saturated carbocycles. The van der Waals surface area contributed by atoms with Crippen molar-refractivity contribution in [1.82, 2.24) is 19.9 Å². The van der Waals surface area contributed by atoms with Crippen molar-refractivity contribution in [2.75, 3.05) is 0 Å². The van der Waals surface area contributed by atoms with Gasteiger partial charge in [-0.2, -0.15) is 0 Å². The van der Waals surface area contributed by atoms with E-state index in [1.807, 2.05) is 0 Å². The number of hydrogen-bond acceptors (Lipinski definition) is 2. The number of rotatable bonds is 4. The molecule has 0 saturated heterocycles. The van der Waals surface area contributed by atoms with Crippen LogP contribution in [-0.4, -0.2) is 9.97 Å². The number of benzene rings is 12. The first kappa shape index (κ1) is 49.0. The fraction of sp³-hybridized carbons (Fsp3) is 0. The molecular formula is C84H44CuN4. The van der Waals surface area contributed by atoms with Crippen molar-refractivity contribution in [3.8, 4) is 44.5 Å². The van der Waals surface area contributed by atoms with E-state index in [1.165, 1.54) is 43.1 Å². The van der Waals surface area contributed by atoms with Crippen molar-refractivity contribution < 1.29 is 17.1 Å². The first-order chi connectivity index (χ1) is 43.7. The molecule has 0 spiro atoms. The Bertz CT molecular complexity index is 5530. The summed E-state index contributed by atoms with van der Waals surface area (Å²) < 4.78 is 0. The molecule has 0 unspecified atom stereocenters. The van der Waals surface area contributed by atoms with Crippen molar-refractivity contribution in [3.63, 3.8) is 0 Å². The molecule has 8 bridgehead atoms. The first-order valence-electron chi connectivity index (χ1n) is 30.4.